The van der Waals surface area contributed by atoms with Gasteiger partial charge in [-0.15, -0.1) is 0 Å². The lowest BCUT2D eigenvalue weighted by Gasteiger charge is -2.09. The van der Waals surface area contributed by atoms with Gasteiger partial charge in [-0.1, -0.05) is 0 Å². The Labute approximate surface area is 121 Å². The van der Waals surface area contributed by atoms with E-state index in [-0.39, 0.29) is 17.9 Å². The van der Waals surface area contributed by atoms with Gasteiger partial charge in [0.15, 0.2) is 5.69 Å². The number of esters is 2. The molecule has 1 aromatic heterocycles. The molecule has 6 heteroatoms. The van der Waals surface area contributed by atoms with Crippen LogP contribution in [0.2, 0.25) is 0 Å². The first-order chi connectivity index (χ1) is 10.1. The first kappa shape index (κ1) is 14.8. The van der Waals surface area contributed by atoms with Gasteiger partial charge in [-0.3, -0.25) is 0 Å². The highest BCUT2D eigenvalue weighted by atomic mass is 16.5. The first-order valence-corrected chi connectivity index (χ1v) is 6.35. The number of carbonyl (C=O) groups excluding carboxylic acids is 2. The Morgan fingerprint density at radius 2 is 1.90 bits per heavy atom. The Hall–Kier alpha value is -2.63. The number of fused-ring (bicyclic) bond motifs is 1. The van der Waals surface area contributed by atoms with Crippen molar-refractivity contribution in [2.45, 2.75) is 6.92 Å². The standard InChI is InChI=1S/C15H15NO5/c1-4-21-15(18)13-11(14(17)20-3)7-9-5-6-10(19-2)8-12(9)16-13/h5-8H,4H2,1-3H3. The minimum absolute atomic E-state index is 0.0653. The molecule has 0 unspecified atom stereocenters. The summed E-state index contributed by atoms with van der Waals surface area (Å²) in [5.41, 5.74) is 0.545. The zero-order valence-electron chi connectivity index (χ0n) is 12.0. The summed E-state index contributed by atoms with van der Waals surface area (Å²) in [5, 5.41) is 0.698. The van der Waals surface area contributed by atoms with E-state index in [1.807, 2.05) is 0 Å². The Morgan fingerprint density at radius 1 is 1.14 bits per heavy atom. The van der Waals surface area contributed by atoms with Gasteiger partial charge in [0.05, 0.1) is 31.9 Å². The fourth-order valence-corrected chi connectivity index (χ4v) is 1.89. The molecule has 2 aromatic rings. The highest BCUT2D eigenvalue weighted by Gasteiger charge is 2.21. The lowest BCUT2D eigenvalue weighted by molar-refractivity contribution is 0.0497. The highest BCUT2D eigenvalue weighted by molar-refractivity contribution is 6.04. The molecule has 0 spiro atoms. The van der Waals surface area contributed by atoms with Crippen LogP contribution in [0.1, 0.15) is 27.8 Å². The molecule has 0 N–H and O–H groups in total. The summed E-state index contributed by atoms with van der Waals surface area (Å²) in [6.45, 7) is 1.87. The number of methoxy groups -OCH3 is 2. The number of benzene rings is 1. The number of nitrogens with zero attached hydrogens (tertiary/aromatic N) is 1. The minimum Gasteiger partial charge on any atom is -0.497 e. The molecule has 0 amide bonds. The molecule has 6 nitrogen and oxygen atoms in total. The lowest BCUT2D eigenvalue weighted by Crippen LogP contribution is -2.15. The normalized spacial score (nSPS) is 10.2. The van der Waals surface area contributed by atoms with E-state index < -0.39 is 11.9 Å². The third kappa shape index (κ3) is 2.94. The maximum Gasteiger partial charge on any atom is 0.357 e. The van der Waals surface area contributed by atoms with Crippen molar-refractivity contribution in [1.82, 2.24) is 4.98 Å². The number of pyridine rings is 1. The molecule has 1 aromatic carbocycles. The second-order valence-electron chi connectivity index (χ2n) is 4.16. The summed E-state index contributed by atoms with van der Waals surface area (Å²) in [4.78, 5) is 28.0. The molecule has 0 fully saturated rings. The molecule has 110 valence electrons. The largest absolute Gasteiger partial charge is 0.497 e. The van der Waals surface area contributed by atoms with Crippen LogP contribution in [0.25, 0.3) is 10.9 Å². The van der Waals surface area contributed by atoms with E-state index in [1.165, 1.54) is 14.2 Å². The van der Waals surface area contributed by atoms with Gasteiger partial charge in [0.2, 0.25) is 0 Å². The van der Waals surface area contributed by atoms with E-state index in [9.17, 15) is 9.59 Å². The lowest BCUT2D eigenvalue weighted by atomic mass is 10.1. The van der Waals surface area contributed by atoms with Crippen molar-refractivity contribution in [1.29, 1.82) is 0 Å². The molecular weight excluding hydrogens is 274 g/mol. The van der Waals surface area contributed by atoms with Gasteiger partial charge in [0.25, 0.3) is 0 Å². The van der Waals surface area contributed by atoms with Gasteiger partial charge in [-0.2, -0.15) is 0 Å². The molecule has 2 rings (SSSR count). The van der Waals surface area contributed by atoms with Gasteiger partial charge in [-0.25, -0.2) is 14.6 Å². The average molecular weight is 289 g/mol. The quantitative estimate of drug-likeness (QED) is 0.803. The molecule has 0 bridgehead atoms. The summed E-state index contributed by atoms with van der Waals surface area (Å²) in [5.74, 6) is -0.693. The van der Waals surface area contributed by atoms with Crippen LogP contribution in [-0.2, 0) is 9.47 Å². The van der Waals surface area contributed by atoms with Gasteiger partial charge in [0, 0.05) is 11.5 Å². The molecule has 0 atom stereocenters. The summed E-state index contributed by atoms with van der Waals surface area (Å²) in [6, 6.07) is 6.73. The maximum atomic E-state index is 12.0. The van der Waals surface area contributed by atoms with Gasteiger partial charge >= 0.3 is 11.9 Å². The smallest absolute Gasteiger partial charge is 0.357 e. The zero-order chi connectivity index (χ0) is 15.4. The van der Waals surface area contributed by atoms with E-state index in [0.29, 0.717) is 16.7 Å². The van der Waals surface area contributed by atoms with Gasteiger partial charge < -0.3 is 14.2 Å². The van der Waals surface area contributed by atoms with E-state index in [2.05, 4.69) is 9.72 Å². The van der Waals surface area contributed by atoms with E-state index in [4.69, 9.17) is 9.47 Å². The maximum absolute atomic E-state index is 12.0. The van der Waals surface area contributed by atoms with Crippen LogP contribution in [0.4, 0.5) is 0 Å². The summed E-state index contributed by atoms with van der Waals surface area (Å²) >= 11 is 0. The molecular formula is C15H15NO5. The minimum atomic E-state index is -0.664. The second kappa shape index (κ2) is 6.21. The predicted molar refractivity (Wildman–Crippen MR) is 75.6 cm³/mol. The molecule has 0 aliphatic heterocycles. The molecule has 0 saturated carbocycles. The average Bonchev–Trinajstić information content (AvgIpc) is 2.52. The Balaban J connectivity index is 2.65. The number of aromatic nitrogens is 1. The summed E-state index contributed by atoms with van der Waals surface area (Å²) in [6.07, 6.45) is 0. The monoisotopic (exact) mass is 289 g/mol. The molecule has 0 aliphatic carbocycles. The van der Waals surface area contributed by atoms with Gasteiger partial charge in [-0.05, 0) is 25.1 Å². The van der Waals surface area contributed by atoms with Crippen molar-refractivity contribution >= 4 is 22.8 Å². The molecule has 1 heterocycles. The molecule has 0 saturated heterocycles. The number of carbonyl (C=O) groups is 2. The Kier molecular flexibility index (Phi) is 4.37. The van der Waals surface area contributed by atoms with E-state index in [0.717, 1.165) is 0 Å². The Bertz CT molecular complexity index is 696. The summed E-state index contributed by atoms with van der Waals surface area (Å²) in [7, 11) is 2.78. The fraction of sp³-hybridized carbons (Fsp3) is 0.267. The third-order valence-corrected chi connectivity index (χ3v) is 2.90. The van der Waals surface area contributed by atoms with Crippen molar-refractivity contribution < 1.29 is 23.8 Å². The molecule has 0 aliphatic rings. The summed E-state index contributed by atoms with van der Waals surface area (Å²) < 4.78 is 14.7. The van der Waals surface area contributed by atoms with Crippen LogP contribution >= 0.6 is 0 Å². The number of rotatable bonds is 4. The first-order valence-electron chi connectivity index (χ1n) is 6.35. The van der Waals surface area contributed by atoms with Crippen LogP contribution < -0.4 is 4.74 Å². The fourth-order valence-electron chi connectivity index (χ4n) is 1.89. The van der Waals surface area contributed by atoms with Crippen molar-refractivity contribution in [2.75, 3.05) is 20.8 Å². The third-order valence-electron chi connectivity index (χ3n) is 2.90. The zero-order valence-corrected chi connectivity index (χ0v) is 12.0. The predicted octanol–water partition coefficient (Wildman–Crippen LogP) is 2.21. The van der Waals surface area contributed by atoms with Crippen molar-refractivity contribution in [3.8, 4) is 5.75 Å². The number of ether oxygens (including phenoxy) is 3. The second-order valence-corrected chi connectivity index (χ2v) is 4.16. The van der Waals surface area contributed by atoms with E-state index >= 15 is 0 Å². The topological polar surface area (TPSA) is 74.7 Å². The van der Waals surface area contributed by atoms with Crippen LogP contribution in [0.3, 0.4) is 0 Å². The van der Waals surface area contributed by atoms with Crippen molar-refractivity contribution in [3.63, 3.8) is 0 Å². The van der Waals surface area contributed by atoms with Crippen LogP contribution in [0.5, 0.6) is 5.75 Å². The van der Waals surface area contributed by atoms with Crippen LogP contribution in [-0.4, -0.2) is 37.7 Å². The van der Waals surface area contributed by atoms with Gasteiger partial charge in [0.1, 0.15) is 5.75 Å². The van der Waals surface area contributed by atoms with E-state index in [1.54, 1.807) is 31.2 Å². The number of hydrogen-bond donors (Lipinski definition) is 0. The SMILES string of the molecule is CCOC(=O)c1nc2cc(OC)ccc2cc1C(=O)OC. The number of hydrogen-bond acceptors (Lipinski definition) is 6. The van der Waals surface area contributed by atoms with Crippen LogP contribution in [0.15, 0.2) is 24.3 Å². The van der Waals surface area contributed by atoms with Crippen LogP contribution in [0, 0.1) is 0 Å². The van der Waals surface area contributed by atoms with Crippen molar-refractivity contribution in [3.05, 3.63) is 35.5 Å². The Morgan fingerprint density at radius 3 is 2.52 bits per heavy atom. The highest BCUT2D eigenvalue weighted by Crippen LogP contribution is 2.22. The molecule has 21 heavy (non-hydrogen) atoms. The molecule has 0 radical (unpaired) electrons. The van der Waals surface area contributed by atoms with Crippen molar-refractivity contribution in [2.24, 2.45) is 0 Å².